The molecule has 168 valence electrons. The molecule has 4 aromatic rings. The first-order chi connectivity index (χ1) is 16.0. The van der Waals surface area contributed by atoms with Gasteiger partial charge in [0.15, 0.2) is 0 Å². The molecule has 6 heteroatoms. The number of fused-ring (bicyclic) bond motifs is 2. The van der Waals surface area contributed by atoms with Crippen molar-refractivity contribution in [3.05, 3.63) is 70.8 Å². The lowest BCUT2D eigenvalue weighted by Gasteiger charge is -2.27. The first-order valence-corrected chi connectivity index (χ1v) is 11.6. The van der Waals surface area contributed by atoms with Crippen molar-refractivity contribution < 1.29 is 4.79 Å². The van der Waals surface area contributed by atoms with Gasteiger partial charge in [-0.05, 0) is 60.5 Å². The van der Waals surface area contributed by atoms with Crippen molar-refractivity contribution in [1.29, 1.82) is 0 Å². The number of hydrogen-bond acceptors (Lipinski definition) is 4. The predicted molar refractivity (Wildman–Crippen MR) is 131 cm³/mol. The number of benzene rings is 2. The average molecular weight is 441 g/mol. The number of carbonyl (C=O) groups excluding carboxylic acids is 1. The van der Waals surface area contributed by atoms with Crippen LogP contribution in [0.4, 0.5) is 0 Å². The maximum Gasteiger partial charge on any atom is 0.258 e. The summed E-state index contributed by atoms with van der Waals surface area (Å²) >= 11 is 0. The van der Waals surface area contributed by atoms with Crippen LogP contribution in [-0.2, 0) is 7.05 Å². The minimum atomic E-state index is -0.0239. The van der Waals surface area contributed by atoms with E-state index in [1.807, 2.05) is 54.4 Å². The lowest BCUT2D eigenvalue weighted by atomic mass is 9.89. The Hall–Kier alpha value is -3.54. The second-order valence-corrected chi connectivity index (χ2v) is 9.18. The van der Waals surface area contributed by atoms with E-state index in [0.717, 1.165) is 23.0 Å². The molecule has 0 N–H and O–H groups in total. The third kappa shape index (κ3) is 4.25. The molecule has 1 amide bonds. The van der Waals surface area contributed by atoms with Gasteiger partial charge in [-0.2, -0.15) is 0 Å². The normalized spacial score (nSPS) is 14.6. The molecule has 0 spiro atoms. The summed E-state index contributed by atoms with van der Waals surface area (Å²) in [4.78, 5) is 36.6. The highest BCUT2D eigenvalue weighted by molar-refractivity contribution is 5.97. The Morgan fingerprint density at radius 3 is 2.70 bits per heavy atom. The van der Waals surface area contributed by atoms with E-state index in [1.165, 1.54) is 32.1 Å². The van der Waals surface area contributed by atoms with E-state index in [-0.39, 0.29) is 11.5 Å². The van der Waals surface area contributed by atoms with Crippen LogP contribution >= 0.6 is 0 Å². The molecule has 1 aliphatic carbocycles. The summed E-state index contributed by atoms with van der Waals surface area (Å²) in [5.41, 5.74) is 3.65. The molecule has 1 aliphatic rings. The number of aromatic nitrogens is 3. The zero-order chi connectivity index (χ0) is 22.9. The molecule has 0 unspecified atom stereocenters. The third-order valence-electron chi connectivity index (χ3n) is 6.77. The zero-order valence-corrected chi connectivity index (χ0v) is 19.1. The van der Waals surface area contributed by atoms with Crippen molar-refractivity contribution in [3.8, 4) is 11.3 Å². The highest BCUT2D eigenvalue weighted by Crippen LogP contribution is 2.26. The van der Waals surface area contributed by atoms with Crippen LogP contribution in [-0.4, -0.2) is 38.9 Å². The van der Waals surface area contributed by atoms with Gasteiger partial charge in [0.25, 0.3) is 11.5 Å². The topological polar surface area (TPSA) is 68.1 Å². The molecule has 1 fully saturated rings. The summed E-state index contributed by atoms with van der Waals surface area (Å²) in [5.74, 6) is 0.625. The molecular weight excluding hydrogens is 412 g/mol. The van der Waals surface area contributed by atoms with Crippen molar-refractivity contribution in [1.82, 2.24) is 19.4 Å². The number of aryl methyl sites for hydroxylation is 1. The van der Waals surface area contributed by atoms with E-state index in [1.54, 1.807) is 24.0 Å². The van der Waals surface area contributed by atoms with Gasteiger partial charge in [0, 0.05) is 43.4 Å². The van der Waals surface area contributed by atoms with Gasteiger partial charge in [-0.3, -0.25) is 14.6 Å². The Balaban J connectivity index is 1.44. The molecule has 2 heterocycles. The number of carbonyl (C=O) groups is 1. The molecular formula is C27H28N4O2. The third-order valence-corrected chi connectivity index (χ3v) is 6.77. The molecule has 2 aromatic heterocycles. The molecule has 6 nitrogen and oxygen atoms in total. The number of nitrogens with zero attached hydrogens (tertiary/aromatic N) is 4. The van der Waals surface area contributed by atoms with Crippen LogP contribution in [0.1, 0.15) is 42.5 Å². The lowest BCUT2D eigenvalue weighted by molar-refractivity contribution is 0.0760. The Bertz CT molecular complexity index is 1400. The minimum absolute atomic E-state index is 0.0239. The number of hydrogen-bond donors (Lipinski definition) is 0. The van der Waals surface area contributed by atoms with Gasteiger partial charge in [0.2, 0.25) is 0 Å². The Labute approximate surface area is 192 Å². The molecule has 0 saturated heterocycles. The predicted octanol–water partition coefficient (Wildman–Crippen LogP) is 4.80. The van der Waals surface area contributed by atoms with Gasteiger partial charge in [-0.1, -0.05) is 25.3 Å². The molecule has 33 heavy (non-hydrogen) atoms. The van der Waals surface area contributed by atoms with Crippen molar-refractivity contribution in [3.63, 3.8) is 0 Å². The van der Waals surface area contributed by atoms with Gasteiger partial charge in [0.1, 0.15) is 0 Å². The second kappa shape index (κ2) is 8.77. The van der Waals surface area contributed by atoms with E-state index in [4.69, 9.17) is 4.98 Å². The van der Waals surface area contributed by atoms with Crippen LogP contribution in [0.2, 0.25) is 0 Å². The average Bonchev–Trinajstić information content (AvgIpc) is 2.85. The number of pyridine rings is 1. The van der Waals surface area contributed by atoms with Crippen molar-refractivity contribution in [2.45, 2.75) is 32.1 Å². The monoisotopic (exact) mass is 440 g/mol. The summed E-state index contributed by atoms with van der Waals surface area (Å²) in [7, 11) is 3.64. The fraction of sp³-hybridized carbons (Fsp3) is 0.333. The van der Waals surface area contributed by atoms with E-state index < -0.39 is 0 Å². The highest BCUT2D eigenvalue weighted by Gasteiger charge is 2.19. The maximum atomic E-state index is 13.1. The minimum Gasteiger partial charge on any atom is -0.341 e. The summed E-state index contributed by atoms with van der Waals surface area (Å²) in [6.45, 7) is 0.805. The van der Waals surface area contributed by atoms with Crippen molar-refractivity contribution >= 4 is 27.7 Å². The quantitative estimate of drug-likeness (QED) is 0.457. The summed E-state index contributed by atoms with van der Waals surface area (Å²) < 4.78 is 1.57. The lowest BCUT2D eigenvalue weighted by Crippen LogP contribution is -2.32. The molecule has 0 aliphatic heterocycles. The summed E-state index contributed by atoms with van der Waals surface area (Å²) in [5, 5.41) is 1.54. The number of rotatable bonds is 4. The van der Waals surface area contributed by atoms with Gasteiger partial charge in [-0.15, -0.1) is 0 Å². The Morgan fingerprint density at radius 2 is 1.88 bits per heavy atom. The van der Waals surface area contributed by atoms with E-state index in [0.29, 0.717) is 28.1 Å². The Kier molecular flexibility index (Phi) is 5.67. The Morgan fingerprint density at radius 1 is 1.06 bits per heavy atom. The van der Waals surface area contributed by atoms with Crippen LogP contribution in [0.5, 0.6) is 0 Å². The molecule has 0 bridgehead atoms. The van der Waals surface area contributed by atoms with Crippen molar-refractivity contribution in [2.75, 3.05) is 13.6 Å². The number of amides is 1. The molecule has 5 rings (SSSR count). The van der Waals surface area contributed by atoms with Crippen LogP contribution < -0.4 is 5.56 Å². The van der Waals surface area contributed by atoms with Crippen LogP contribution in [0.15, 0.2) is 59.7 Å². The molecule has 0 atom stereocenters. The molecule has 1 saturated carbocycles. The van der Waals surface area contributed by atoms with Crippen LogP contribution in [0, 0.1) is 5.92 Å². The van der Waals surface area contributed by atoms with Crippen LogP contribution in [0.25, 0.3) is 33.1 Å². The maximum absolute atomic E-state index is 13.1. The fourth-order valence-corrected chi connectivity index (χ4v) is 4.85. The first-order valence-electron chi connectivity index (χ1n) is 11.6. The van der Waals surface area contributed by atoms with E-state index >= 15 is 0 Å². The summed E-state index contributed by atoms with van der Waals surface area (Å²) in [6.07, 6.45) is 9.77. The van der Waals surface area contributed by atoms with Crippen molar-refractivity contribution in [2.24, 2.45) is 13.0 Å². The standard InChI is InChI=1S/C27H28N4O2/c1-30-13-12-19-14-20(8-10-22(19)27(30)33)25-16-28-23-11-9-21(15-24(23)29-25)26(32)31(2)17-18-6-4-3-5-7-18/h8-16,18H,3-7,17H2,1-2H3. The SMILES string of the molecule is CN(CC1CCCCC1)C(=O)c1ccc2ncc(-c3ccc4c(=O)n(C)ccc4c3)nc2c1. The smallest absolute Gasteiger partial charge is 0.258 e. The van der Waals surface area contributed by atoms with E-state index in [2.05, 4.69) is 4.98 Å². The highest BCUT2D eigenvalue weighted by atomic mass is 16.2. The largest absolute Gasteiger partial charge is 0.341 e. The zero-order valence-electron chi connectivity index (χ0n) is 19.1. The van der Waals surface area contributed by atoms with Gasteiger partial charge < -0.3 is 9.47 Å². The fourth-order valence-electron chi connectivity index (χ4n) is 4.85. The van der Waals surface area contributed by atoms with E-state index in [9.17, 15) is 9.59 Å². The van der Waals surface area contributed by atoms with Crippen LogP contribution in [0.3, 0.4) is 0 Å². The molecule has 0 radical (unpaired) electrons. The van der Waals surface area contributed by atoms with Gasteiger partial charge >= 0.3 is 0 Å². The molecule has 2 aromatic carbocycles. The summed E-state index contributed by atoms with van der Waals surface area (Å²) in [6, 6.07) is 13.1. The van der Waals surface area contributed by atoms with Gasteiger partial charge in [0.05, 0.1) is 22.9 Å². The second-order valence-electron chi connectivity index (χ2n) is 9.18. The first kappa shape index (κ1) is 21.3. The van der Waals surface area contributed by atoms with Gasteiger partial charge in [-0.25, -0.2) is 4.98 Å².